The summed E-state index contributed by atoms with van der Waals surface area (Å²) in [6, 6.07) is 6.23. The molecule has 1 saturated heterocycles. The highest BCUT2D eigenvalue weighted by molar-refractivity contribution is 5.92. The van der Waals surface area contributed by atoms with Crippen molar-refractivity contribution in [3.63, 3.8) is 0 Å². The fourth-order valence-corrected chi connectivity index (χ4v) is 3.46. The SMILES string of the molecule is CCN(CC)C(=O)c1cn(C2CCN(C(=O)C=Cc3cccc(F)c3)CC2)nn1. The normalized spacial score (nSPS) is 15.1. The third kappa shape index (κ3) is 5.07. The van der Waals surface area contributed by atoms with Crippen LogP contribution in [-0.2, 0) is 4.79 Å². The average Bonchev–Trinajstić information content (AvgIpc) is 3.23. The number of hydrogen-bond donors (Lipinski definition) is 0. The fraction of sp³-hybridized carbons (Fsp3) is 0.429. The van der Waals surface area contributed by atoms with Gasteiger partial charge in [0.25, 0.3) is 5.91 Å². The van der Waals surface area contributed by atoms with Gasteiger partial charge in [-0.1, -0.05) is 17.3 Å². The zero-order valence-electron chi connectivity index (χ0n) is 16.8. The maximum Gasteiger partial charge on any atom is 0.276 e. The van der Waals surface area contributed by atoms with Crippen LogP contribution in [-0.4, -0.2) is 62.8 Å². The van der Waals surface area contributed by atoms with Crippen molar-refractivity contribution in [3.8, 4) is 0 Å². The number of carbonyl (C=O) groups is 2. The molecule has 0 aliphatic carbocycles. The van der Waals surface area contributed by atoms with Crippen molar-refractivity contribution in [2.24, 2.45) is 0 Å². The molecule has 3 rings (SSSR count). The van der Waals surface area contributed by atoms with Gasteiger partial charge in [-0.15, -0.1) is 5.10 Å². The Labute approximate surface area is 169 Å². The van der Waals surface area contributed by atoms with E-state index in [0.717, 1.165) is 12.8 Å². The number of aromatic nitrogens is 3. The van der Waals surface area contributed by atoms with Gasteiger partial charge in [-0.25, -0.2) is 9.07 Å². The van der Waals surface area contributed by atoms with Crippen LogP contribution < -0.4 is 0 Å². The first-order valence-corrected chi connectivity index (χ1v) is 9.95. The third-order valence-electron chi connectivity index (χ3n) is 5.20. The number of carbonyl (C=O) groups excluding carboxylic acids is 2. The summed E-state index contributed by atoms with van der Waals surface area (Å²) in [5.74, 6) is -0.535. The first-order chi connectivity index (χ1) is 14.0. The van der Waals surface area contributed by atoms with Crippen molar-refractivity contribution in [2.75, 3.05) is 26.2 Å². The van der Waals surface area contributed by atoms with Gasteiger partial charge in [0.2, 0.25) is 5.91 Å². The van der Waals surface area contributed by atoms with Crippen LogP contribution in [0.2, 0.25) is 0 Å². The number of rotatable bonds is 6. The molecule has 154 valence electrons. The Balaban J connectivity index is 1.55. The van der Waals surface area contributed by atoms with Crippen LogP contribution in [0.3, 0.4) is 0 Å². The van der Waals surface area contributed by atoms with Crippen LogP contribution in [0.25, 0.3) is 6.08 Å². The molecule has 0 spiro atoms. The zero-order valence-corrected chi connectivity index (χ0v) is 16.8. The molecule has 8 heteroatoms. The molecule has 1 aromatic heterocycles. The molecule has 1 aliphatic heterocycles. The molecule has 1 aliphatic rings. The van der Waals surface area contributed by atoms with E-state index in [2.05, 4.69) is 10.3 Å². The van der Waals surface area contributed by atoms with Crippen LogP contribution in [0, 0.1) is 5.82 Å². The fourth-order valence-electron chi connectivity index (χ4n) is 3.46. The molecule has 0 bridgehead atoms. The number of hydrogen-bond acceptors (Lipinski definition) is 4. The Morgan fingerprint density at radius 3 is 2.62 bits per heavy atom. The Morgan fingerprint density at radius 2 is 1.97 bits per heavy atom. The summed E-state index contributed by atoms with van der Waals surface area (Å²) in [6.45, 7) is 6.31. The van der Waals surface area contributed by atoms with Gasteiger partial charge in [-0.2, -0.15) is 0 Å². The van der Waals surface area contributed by atoms with Gasteiger partial charge < -0.3 is 9.80 Å². The summed E-state index contributed by atoms with van der Waals surface area (Å²) in [4.78, 5) is 28.3. The van der Waals surface area contributed by atoms with E-state index in [0.29, 0.717) is 37.4 Å². The Hall–Kier alpha value is -3.03. The number of halogens is 1. The van der Waals surface area contributed by atoms with E-state index in [4.69, 9.17) is 0 Å². The minimum absolute atomic E-state index is 0.0938. The molecular formula is C21H26FN5O2. The minimum atomic E-state index is -0.327. The first kappa shape index (κ1) is 20.7. The van der Waals surface area contributed by atoms with Crippen LogP contribution in [0.1, 0.15) is 48.8 Å². The van der Waals surface area contributed by atoms with E-state index >= 15 is 0 Å². The summed E-state index contributed by atoms with van der Waals surface area (Å²) in [6.07, 6.45) is 6.28. The monoisotopic (exact) mass is 399 g/mol. The van der Waals surface area contributed by atoms with Gasteiger partial charge >= 0.3 is 0 Å². The Bertz CT molecular complexity index is 883. The molecule has 1 aromatic carbocycles. The van der Waals surface area contributed by atoms with Crippen LogP contribution in [0.4, 0.5) is 4.39 Å². The van der Waals surface area contributed by atoms with Gasteiger partial charge in [-0.3, -0.25) is 9.59 Å². The number of likely N-dealkylation sites (tertiary alicyclic amines) is 1. The van der Waals surface area contributed by atoms with Crippen LogP contribution in [0.15, 0.2) is 36.5 Å². The van der Waals surface area contributed by atoms with Gasteiger partial charge in [0.05, 0.1) is 12.2 Å². The molecule has 0 N–H and O–H groups in total. The van der Waals surface area contributed by atoms with Gasteiger partial charge in [0, 0.05) is 32.3 Å². The van der Waals surface area contributed by atoms with Gasteiger partial charge in [0.1, 0.15) is 5.82 Å². The van der Waals surface area contributed by atoms with Gasteiger partial charge in [0.15, 0.2) is 5.69 Å². The highest BCUT2D eigenvalue weighted by Crippen LogP contribution is 2.22. The van der Waals surface area contributed by atoms with Crippen molar-refractivity contribution in [3.05, 3.63) is 53.6 Å². The molecular weight excluding hydrogens is 373 g/mol. The average molecular weight is 399 g/mol. The number of benzene rings is 1. The van der Waals surface area contributed by atoms with Gasteiger partial charge in [-0.05, 0) is 50.5 Å². The van der Waals surface area contributed by atoms with Crippen molar-refractivity contribution < 1.29 is 14.0 Å². The maximum absolute atomic E-state index is 13.2. The number of nitrogens with zero attached hydrogens (tertiary/aromatic N) is 5. The lowest BCUT2D eigenvalue weighted by Crippen LogP contribution is -2.38. The molecule has 29 heavy (non-hydrogen) atoms. The Kier molecular flexibility index (Phi) is 6.74. The second kappa shape index (κ2) is 9.45. The third-order valence-corrected chi connectivity index (χ3v) is 5.20. The molecule has 2 heterocycles. The summed E-state index contributed by atoms with van der Waals surface area (Å²) < 4.78 is 15.0. The smallest absolute Gasteiger partial charge is 0.276 e. The highest BCUT2D eigenvalue weighted by Gasteiger charge is 2.25. The lowest BCUT2D eigenvalue weighted by molar-refractivity contribution is -0.127. The van der Waals surface area contributed by atoms with Crippen molar-refractivity contribution in [1.29, 1.82) is 0 Å². The Morgan fingerprint density at radius 1 is 1.24 bits per heavy atom. The van der Waals surface area contributed by atoms with E-state index in [1.54, 1.807) is 38.9 Å². The predicted octanol–water partition coefficient (Wildman–Crippen LogP) is 2.78. The molecule has 0 unspecified atom stereocenters. The molecule has 2 amide bonds. The molecule has 0 saturated carbocycles. The molecule has 1 fully saturated rings. The summed E-state index contributed by atoms with van der Waals surface area (Å²) in [5, 5.41) is 8.16. The summed E-state index contributed by atoms with van der Waals surface area (Å²) >= 11 is 0. The van der Waals surface area contributed by atoms with E-state index in [1.165, 1.54) is 18.2 Å². The van der Waals surface area contributed by atoms with E-state index in [9.17, 15) is 14.0 Å². The topological polar surface area (TPSA) is 71.3 Å². The predicted molar refractivity (Wildman–Crippen MR) is 108 cm³/mol. The largest absolute Gasteiger partial charge is 0.339 e. The zero-order chi connectivity index (χ0) is 20.8. The van der Waals surface area contributed by atoms with Crippen molar-refractivity contribution in [1.82, 2.24) is 24.8 Å². The summed E-state index contributed by atoms with van der Waals surface area (Å²) in [7, 11) is 0. The van der Waals surface area contributed by atoms with Crippen LogP contribution in [0.5, 0.6) is 0 Å². The number of amides is 2. The quantitative estimate of drug-likeness (QED) is 0.701. The second-order valence-electron chi connectivity index (χ2n) is 7.01. The maximum atomic E-state index is 13.2. The molecule has 0 radical (unpaired) electrons. The minimum Gasteiger partial charge on any atom is -0.339 e. The lowest BCUT2D eigenvalue weighted by Gasteiger charge is -2.31. The van der Waals surface area contributed by atoms with Crippen LogP contribution >= 0.6 is 0 Å². The second-order valence-corrected chi connectivity index (χ2v) is 7.01. The van der Waals surface area contributed by atoms with E-state index in [-0.39, 0.29) is 23.7 Å². The molecule has 2 aromatic rings. The first-order valence-electron chi connectivity index (χ1n) is 9.95. The van der Waals surface area contributed by atoms with E-state index < -0.39 is 0 Å². The summed E-state index contributed by atoms with van der Waals surface area (Å²) in [5.41, 5.74) is 1.01. The lowest BCUT2D eigenvalue weighted by atomic mass is 10.1. The van der Waals surface area contributed by atoms with E-state index in [1.807, 2.05) is 13.8 Å². The number of piperidine rings is 1. The van der Waals surface area contributed by atoms with Crippen molar-refractivity contribution in [2.45, 2.75) is 32.7 Å². The standard InChI is InChI=1S/C21H26FN5O2/c1-3-25(4-2)21(29)19-15-27(24-23-19)18-10-12-26(13-11-18)20(28)9-8-16-6-5-7-17(22)14-16/h5-9,14-15,18H,3-4,10-13H2,1-2H3. The van der Waals surface area contributed by atoms with Crippen molar-refractivity contribution >= 4 is 17.9 Å². The molecule has 0 atom stereocenters. The highest BCUT2D eigenvalue weighted by atomic mass is 19.1. The molecule has 7 nitrogen and oxygen atoms in total.